The molecule has 19 heavy (non-hydrogen) atoms. The molecule has 1 aromatic carbocycles. The standard InChI is InChI=1S/C11H10BrClFNO3S/c1-5-2-9(5)15-11(16)6-3-10(19(13,17)18)8(14)4-7(6)12/h3-5,9H,2H2,1H3,(H,15,16). The van der Waals surface area contributed by atoms with Gasteiger partial charge in [-0.1, -0.05) is 6.92 Å². The fourth-order valence-electron chi connectivity index (χ4n) is 1.66. The molecular formula is C11H10BrClFNO3S. The third-order valence-corrected chi connectivity index (χ3v) is 4.95. The zero-order valence-corrected chi connectivity index (χ0v) is 12.9. The van der Waals surface area contributed by atoms with Crippen LogP contribution in [-0.4, -0.2) is 20.4 Å². The van der Waals surface area contributed by atoms with Crippen LogP contribution < -0.4 is 5.32 Å². The van der Waals surface area contributed by atoms with Crippen molar-refractivity contribution in [3.05, 3.63) is 28.0 Å². The van der Waals surface area contributed by atoms with Gasteiger partial charge in [-0.2, -0.15) is 0 Å². The molecule has 1 amide bonds. The Hall–Kier alpha value is -0.660. The third-order valence-electron chi connectivity index (χ3n) is 2.95. The SMILES string of the molecule is CC1CC1NC(=O)c1cc(S(=O)(=O)Cl)c(F)cc1Br. The lowest BCUT2D eigenvalue weighted by atomic mass is 10.2. The van der Waals surface area contributed by atoms with Crippen molar-refractivity contribution in [1.29, 1.82) is 0 Å². The lowest BCUT2D eigenvalue weighted by Gasteiger charge is -2.08. The highest BCUT2D eigenvalue weighted by Gasteiger charge is 2.34. The molecule has 1 aliphatic rings. The van der Waals surface area contributed by atoms with E-state index in [9.17, 15) is 17.6 Å². The number of amides is 1. The van der Waals surface area contributed by atoms with Crippen LogP contribution in [0.15, 0.2) is 21.5 Å². The van der Waals surface area contributed by atoms with Crippen LogP contribution in [0.2, 0.25) is 0 Å². The van der Waals surface area contributed by atoms with Crippen LogP contribution in [0, 0.1) is 11.7 Å². The van der Waals surface area contributed by atoms with E-state index < -0.39 is 25.7 Å². The summed E-state index contributed by atoms with van der Waals surface area (Å²) in [5.41, 5.74) is 0.0414. The van der Waals surface area contributed by atoms with E-state index in [1.807, 2.05) is 6.92 Å². The lowest BCUT2D eigenvalue weighted by Crippen LogP contribution is -2.27. The van der Waals surface area contributed by atoms with Crippen molar-refractivity contribution in [2.45, 2.75) is 24.3 Å². The third kappa shape index (κ3) is 3.27. The molecule has 4 nitrogen and oxygen atoms in total. The van der Waals surface area contributed by atoms with Crippen LogP contribution >= 0.6 is 26.6 Å². The fourth-order valence-corrected chi connectivity index (χ4v) is 3.06. The number of hydrogen-bond acceptors (Lipinski definition) is 3. The van der Waals surface area contributed by atoms with Crippen molar-refractivity contribution in [1.82, 2.24) is 5.32 Å². The molecule has 104 valence electrons. The lowest BCUT2D eigenvalue weighted by molar-refractivity contribution is 0.0948. The number of hydrogen-bond donors (Lipinski definition) is 1. The second-order valence-corrected chi connectivity index (χ2v) is 7.88. The predicted octanol–water partition coefficient (Wildman–Crippen LogP) is 2.65. The molecule has 1 aromatic rings. The molecular weight excluding hydrogens is 361 g/mol. The molecule has 1 fully saturated rings. The van der Waals surface area contributed by atoms with Gasteiger partial charge < -0.3 is 5.32 Å². The van der Waals surface area contributed by atoms with Crippen LogP contribution in [0.4, 0.5) is 4.39 Å². The highest BCUT2D eigenvalue weighted by Crippen LogP contribution is 2.31. The minimum atomic E-state index is -4.23. The van der Waals surface area contributed by atoms with E-state index in [0.29, 0.717) is 5.92 Å². The number of nitrogens with one attached hydrogen (secondary N) is 1. The van der Waals surface area contributed by atoms with Crippen LogP contribution in [0.1, 0.15) is 23.7 Å². The summed E-state index contributed by atoms with van der Waals surface area (Å²) in [5, 5.41) is 2.73. The van der Waals surface area contributed by atoms with Crippen LogP contribution in [0.5, 0.6) is 0 Å². The van der Waals surface area contributed by atoms with Crippen molar-refractivity contribution in [2.24, 2.45) is 5.92 Å². The number of benzene rings is 1. The van der Waals surface area contributed by atoms with Gasteiger partial charge in [0.2, 0.25) is 0 Å². The first-order valence-corrected chi connectivity index (χ1v) is 8.55. The minimum absolute atomic E-state index is 0.0414. The van der Waals surface area contributed by atoms with Gasteiger partial charge in [0, 0.05) is 21.2 Å². The van der Waals surface area contributed by atoms with E-state index in [1.54, 1.807) is 0 Å². The topological polar surface area (TPSA) is 63.2 Å². The summed E-state index contributed by atoms with van der Waals surface area (Å²) in [6, 6.07) is 1.94. The van der Waals surface area contributed by atoms with Gasteiger partial charge in [-0.25, -0.2) is 12.8 Å². The molecule has 0 saturated heterocycles. The van der Waals surface area contributed by atoms with Crippen molar-refractivity contribution >= 4 is 41.6 Å². The van der Waals surface area contributed by atoms with Crippen LogP contribution in [0.25, 0.3) is 0 Å². The van der Waals surface area contributed by atoms with E-state index in [4.69, 9.17) is 10.7 Å². The highest BCUT2D eigenvalue weighted by atomic mass is 79.9. The number of rotatable bonds is 3. The van der Waals surface area contributed by atoms with Gasteiger partial charge in [-0.3, -0.25) is 4.79 Å². The first-order valence-electron chi connectivity index (χ1n) is 5.44. The zero-order chi connectivity index (χ0) is 14.4. The predicted molar refractivity (Wildman–Crippen MR) is 72.2 cm³/mol. The highest BCUT2D eigenvalue weighted by molar-refractivity contribution is 9.10. The summed E-state index contributed by atoms with van der Waals surface area (Å²) >= 11 is 3.04. The van der Waals surface area contributed by atoms with Gasteiger partial charge in [0.05, 0.1) is 5.56 Å². The average Bonchev–Trinajstić information content (AvgIpc) is 2.91. The molecule has 2 unspecified atom stereocenters. The van der Waals surface area contributed by atoms with Gasteiger partial charge >= 0.3 is 0 Å². The summed E-state index contributed by atoms with van der Waals surface area (Å²) in [7, 11) is 0.886. The monoisotopic (exact) mass is 369 g/mol. The molecule has 8 heteroatoms. The molecule has 0 spiro atoms. The Morgan fingerprint density at radius 2 is 2.11 bits per heavy atom. The maximum atomic E-state index is 13.5. The van der Waals surface area contributed by atoms with Gasteiger partial charge in [0.15, 0.2) is 0 Å². The second-order valence-electron chi connectivity index (χ2n) is 4.49. The van der Waals surface area contributed by atoms with Crippen molar-refractivity contribution in [3.63, 3.8) is 0 Å². The minimum Gasteiger partial charge on any atom is -0.349 e. The van der Waals surface area contributed by atoms with Crippen molar-refractivity contribution in [3.8, 4) is 0 Å². The Morgan fingerprint density at radius 1 is 1.53 bits per heavy atom. The van der Waals surface area contributed by atoms with E-state index in [2.05, 4.69) is 21.2 Å². The molecule has 1 saturated carbocycles. The maximum Gasteiger partial charge on any atom is 0.264 e. The molecule has 1 N–H and O–H groups in total. The molecule has 0 aromatic heterocycles. The summed E-state index contributed by atoms with van der Waals surface area (Å²) < 4.78 is 36.1. The Morgan fingerprint density at radius 3 is 2.58 bits per heavy atom. The molecule has 0 aliphatic heterocycles. The molecule has 1 aliphatic carbocycles. The van der Waals surface area contributed by atoms with Gasteiger partial charge in [0.25, 0.3) is 15.0 Å². The Balaban J connectivity index is 2.37. The number of carbonyl (C=O) groups excluding carboxylic acids is 1. The first kappa shape index (κ1) is 14.7. The van der Waals surface area contributed by atoms with Crippen LogP contribution in [-0.2, 0) is 9.05 Å². The van der Waals surface area contributed by atoms with Gasteiger partial charge in [0.1, 0.15) is 10.7 Å². The average molecular weight is 371 g/mol. The van der Waals surface area contributed by atoms with E-state index in [1.165, 1.54) is 0 Å². The normalized spacial score (nSPS) is 22.1. The van der Waals surface area contributed by atoms with Gasteiger partial charge in [-0.05, 0) is 40.4 Å². The number of carbonyl (C=O) groups is 1. The Labute approximate surface area is 122 Å². The Kier molecular flexibility index (Phi) is 3.90. The maximum absolute atomic E-state index is 13.5. The Bertz CT molecular complexity index is 650. The van der Waals surface area contributed by atoms with E-state index >= 15 is 0 Å². The fraction of sp³-hybridized carbons (Fsp3) is 0.364. The molecule has 2 atom stereocenters. The molecule has 0 bridgehead atoms. The largest absolute Gasteiger partial charge is 0.349 e. The van der Waals surface area contributed by atoms with Crippen molar-refractivity contribution < 1.29 is 17.6 Å². The smallest absolute Gasteiger partial charge is 0.264 e. The van der Waals surface area contributed by atoms with E-state index in [-0.39, 0.29) is 16.1 Å². The summed E-state index contributed by atoms with van der Waals surface area (Å²) in [6.45, 7) is 1.99. The summed E-state index contributed by atoms with van der Waals surface area (Å²) in [6.07, 6.45) is 0.880. The van der Waals surface area contributed by atoms with Crippen molar-refractivity contribution in [2.75, 3.05) is 0 Å². The van der Waals surface area contributed by atoms with Crippen LogP contribution in [0.3, 0.4) is 0 Å². The summed E-state index contributed by atoms with van der Waals surface area (Å²) in [5.74, 6) is -1.06. The zero-order valence-electron chi connectivity index (χ0n) is 9.78. The summed E-state index contributed by atoms with van der Waals surface area (Å²) in [4.78, 5) is 11.2. The second kappa shape index (κ2) is 5.03. The molecule has 0 radical (unpaired) electrons. The molecule has 0 heterocycles. The van der Waals surface area contributed by atoms with Gasteiger partial charge in [-0.15, -0.1) is 0 Å². The first-order chi connectivity index (χ1) is 8.70. The molecule has 2 rings (SSSR count). The number of halogens is 3. The quantitative estimate of drug-likeness (QED) is 0.832. The van der Waals surface area contributed by atoms with E-state index in [0.717, 1.165) is 18.6 Å².